The normalized spacial score (nSPS) is 19.1. The monoisotopic (exact) mass is 376 g/mol. The lowest BCUT2D eigenvalue weighted by atomic mass is 9.99. The van der Waals surface area contributed by atoms with Gasteiger partial charge in [0.1, 0.15) is 11.5 Å². The van der Waals surface area contributed by atoms with Gasteiger partial charge in [0.15, 0.2) is 5.65 Å². The molecule has 6 rings (SSSR count). The van der Waals surface area contributed by atoms with Gasteiger partial charge in [0.2, 0.25) is 0 Å². The van der Waals surface area contributed by atoms with Crippen molar-refractivity contribution in [1.29, 1.82) is 0 Å². The summed E-state index contributed by atoms with van der Waals surface area (Å²) in [5, 5.41) is 12.8. The minimum atomic E-state index is -0.368. The Labute approximate surface area is 159 Å². The third-order valence-electron chi connectivity index (χ3n) is 5.59. The zero-order chi connectivity index (χ0) is 18.7. The van der Waals surface area contributed by atoms with Crippen LogP contribution in [0.2, 0.25) is 0 Å². The highest BCUT2D eigenvalue weighted by Gasteiger charge is 2.37. The molecule has 1 aliphatic carbocycles. The Morgan fingerprint density at radius 1 is 1.14 bits per heavy atom. The van der Waals surface area contributed by atoms with Crippen LogP contribution in [-0.2, 0) is 17.9 Å². The quantitative estimate of drug-likeness (QED) is 0.593. The molecule has 0 aromatic carbocycles. The van der Waals surface area contributed by atoms with Gasteiger partial charge in [0.25, 0.3) is 0 Å². The molecule has 1 aliphatic heterocycles. The van der Waals surface area contributed by atoms with Gasteiger partial charge in [0.05, 0.1) is 43.0 Å². The molecule has 4 aromatic heterocycles. The van der Waals surface area contributed by atoms with E-state index in [0.717, 1.165) is 34.4 Å². The summed E-state index contributed by atoms with van der Waals surface area (Å²) in [6.45, 7) is 1.22. The van der Waals surface area contributed by atoms with Gasteiger partial charge < -0.3 is 4.74 Å². The summed E-state index contributed by atoms with van der Waals surface area (Å²) in [7, 11) is 0. The lowest BCUT2D eigenvalue weighted by molar-refractivity contribution is -0.0124. The largest absolute Gasteiger partial charge is 0.370 e. The summed E-state index contributed by atoms with van der Waals surface area (Å²) < 4.78 is 21.6. The number of nitrogens with zero attached hydrogens (tertiary/aromatic N) is 5. The van der Waals surface area contributed by atoms with Crippen molar-refractivity contribution in [2.45, 2.75) is 32.1 Å². The van der Waals surface area contributed by atoms with Gasteiger partial charge >= 0.3 is 0 Å². The molecule has 28 heavy (non-hydrogen) atoms. The molecule has 5 heterocycles. The van der Waals surface area contributed by atoms with Crippen LogP contribution >= 0.6 is 0 Å². The zero-order valence-corrected chi connectivity index (χ0v) is 15.0. The van der Waals surface area contributed by atoms with Gasteiger partial charge in [-0.3, -0.25) is 14.8 Å². The first-order valence-corrected chi connectivity index (χ1v) is 9.39. The molecule has 7 nitrogen and oxygen atoms in total. The Balaban J connectivity index is 1.57. The Morgan fingerprint density at radius 3 is 2.89 bits per heavy atom. The van der Waals surface area contributed by atoms with E-state index >= 15 is 0 Å². The van der Waals surface area contributed by atoms with Crippen LogP contribution in [0, 0.1) is 11.7 Å². The van der Waals surface area contributed by atoms with Crippen LogP contribution in [0.15, 0.2) is 36.8 Å². The molecule has 8 heteroatoms. The van der Waals surface area contributed by atoms with Gasteiger partial charge in [-0.25, -0.2) is 9.37 Å². The van der Waals surface area contributed by atoms with Crippen molar-refractivity contribution in [1.82, 2.24) is 29.9 Å². The molecule has 140 valence electrons. The Morgan fingerprint density at radius 2 is 2.07 bits per heavy atom. The van der Waals surface area contributed by atoms with Crippen LogP contribution in [-0.4, -0.2) is 36.0 Å². The molecule has 1 saturated carbocycles. The number of pyridine rings is 2. The summed E-state index contributed by atoms with van der Waals surface area (Å²) in [4.78, 5) is 8.62. The van der Waals surface area contributed by atoms with Gasteiger partial charge in [-0.15, -0.1) is 0 Å². The number of aromatic nitrogens is 6. The van der Waals surface area contributed by atoms with E-state index in [0.29, 0.717) is 23.9 Å². The van der Waals surface area contributed by atoms with E-state index < -0.39 is 0 Å². The third kappa shape index (κ3) is 2.45. The van der Waals surface area contributed by atoms with E-state index in [4.69, 9.17) is 9.84 Å². The summed E-state index contributed by atoms with van der Waals surface area (Å²) in [5.74, 6) is 0.266. The highest BCUT2D eigenvalue weighted by Crippen LogP contribution is 2.42. The molecule has 4 aromatic rings. The molecular weight excluding hydrogens is 359 g/mol. The number of fused-ring (bicyclic) bond motifs is 2. The number of ether oxygens (including phenoxy) is 1. The van der Waals surface area contributed by atoms with Crippen LogP contribution in [0.1, 0.15) is 18.5 Å². The van der Waals surface area contributed by atoms with E-state index in [9.17, 15) is 4.39 Å². The molecule has 1 N–H and O–H groups in total. The molecule has 0 spiro atoms. The fourth-order valence-corrected chi connectivity index (χ4v) is 4.00. The number of hydrogen-bond donors (Lipinski definition) is 1. The molecule has 1 fully saturated rings. The van der Waals surface area contributed by atoms with Gasteiger partial charge in [0, 0.05) is 22.7 Å². The fourth-order valence-electron chi connectivity index (χ4n) is 4.00. The molecule has 0 unspecified atom stereocenters. The van der Waals surface area contributed by atoms with E-state index in [2.05, 4.69) is 20.2 Å². The highest BCUT2D eigenvalue weighted by atomic mass is 19.1. The second-order valence-corrected chi connectivity index (χ2v) is 7.39. The van der Waals surface area contributed by atoms with Crippen molar-refractivity contribution in [3.63, 3.8) is 0 Å². The maximum Gasteiger partial charge on any atom is 0.155 e. The number of aromatic amines is 1. The molecule has 1 atom stereocenters. The van der Waals surface area contributed by atoms with Crippen molar-refractivity contribution in [2.24, 2.45) is 5.92 Å². The lowest BCUT2D eigenvalue weighted by Gasteiger charge is -2.24. The Hall–Kier alpha value is -3.13. The predicted octanol–water partition coefficient (Wildman–Crippen LogP) is 3.33. The smallest absolute Gasteiger partial charge is 0.155 e. The highest BCUT2D eigenvalue weighted by molar-refractivity contribution is 5.97. The van der Waals surface area contributed by atoms with Crippen LogP contribution in [0.4, 0.5) is 4.39 Å². The molecule has 0 bridgehead atoms. The van der Waals surface area contributed by atoms with Gasteiger partial charge in [-0.2, -0.15) is 10.2 Å². The molecule has 0 saturated heterocycles. The predicted molar refractivity (Wildman–Crippen MR) is 99.6 cm³/mol. The minimum absolute atomic E-state index is 0.209. The number of halogens is 1. The maximum absolute atomic E-state index is 13.4. The first-order valence-electron chi connectivity index (χ1n) is 9.39. The summed E-state index contributed by atoms with van der Waals surface area (Å²) in [6, 6.07) is 5.03. The van der Waals surface area contributed by atoms with Crippen molar-refractivity contribution in [3.8, 4) is 22.5 Å². The first kappa shape index (κ1) is 15.9. The van der Waals surface area contributed by atoms with E-state index in [-0.39, 0.29) is 11.9 Å². The Kier molecular flexibility index (Phi) is 3.37. The Bertz CT molecular complexity index is 1180. The first-order chi connectivity index (χ1) is 13.8. The summed E-state index contributed by atoms with van der Waals surface area (Å²) >= 11 is 0. The van der Waals surface area contributed by atoms with Crippen molar-refractivity contribution < 1.29 is 9.13 Å². The lowest BCUT2D eigenvalue weighted by Crippen LogP contribution is -2.29. The SMILES string of the molecule is Fc1ccc(-c2nn3c(c2-c2ccnc4[nH]ncc24)CO[C@@H](C2CC2)C3)nc1. The van der Waals surface area contributed by atoms with Crippen molar-refractivity contribution >= 4 is 11.0 Å². The van der Waals surface area contributed by atoms with E-state index in [1.54, 1.807) is 18.5 Å². The molecule has 0 radical (unpaired) electrons. The average Bonchev–Trinajstić information content (AvgIpc) is 3.33. The number of hydrogen-bond acceptors (Lipinski definition) is 5. The number of H-pyrrole nitrogens is 1. The van der Waals surface area contributed by atoms with Gasteiger partial charge in [-0.05, 0) is 37.0 Å². The van der Waals surface area contributed by atoms with Crippen LogP contribution in [0.3, 0.4) is 0 Å². The number of nitrogens with one attached hydrogen (secondary N) is 1. The fraction of sp³-hybridized carbons (Fsp3) is 0.300. The minimum Gasteiger partial charge on any atom is -0.370 e. The molecule has 2 aliphatic rings. The topological polar surface area (TPSA) is 81.5 Å². The number of rotatable bonds is 3. The van der Waals surface area contributed by atoms with Gasteiger partial charge in [-0.1, -0.05) is 0 Å². The van der Waals surface area contributed by atoms with Crippen molar-refractivity contribution in [3.05, 3.63) is 48.3 Å². The average molecular weight is 376 g/mol. The van der Waals surface area contributed by atoms with E-state index in [1.807, 2.05) is 10.7 Å². The van der Waals surface area contributed by atoms with Crippen LogP contribution in [0.5, 0.6) is 0 Å². The van der Waals surface area contributed by atoms with E-state index in [1.165, 1.54) is 25.1 Å². The molecular formula is C20H17FN6O. The second-order valence-electron chi connectivity index (χ2n) is 7.39. The van der Waals surface area contributed by atoms with Crippen molar-refractivity contribution in [2.75, 3.05) is 0 Å². The second kappa shape index (κ2) is 5.93. The summed E-state index contributed by atoms with van der Waals surface area (Å²) in [6.07, 6.45) is 7.39. The zero-order valence-electron chi connectivity index (χ0n) is 15.0. The third-order valence-corrected chi connectivity index (χ3v) is 5.59. The summed E-state index contributed by atoms with van der Waals surface area (Å²) in [5.41, 5.74) is 4.99. The van der Waals surface area contributed by atoms with Crippen LogP contribution in [0.25, 0.3) is 33.5 Å². The standard InChI is InChI=1S/C20H17FN6O/c21-12-3-4-15(23-7-12)19-18(13-5-6-22-20-14(13)8-24-25-20)16-10-28-17(11-1-2-11)9-27(16)26-19/h3-8,11,17H,1-2,9-10H2,(H,22,24,25)/t17-/m1/s1. The molecule has 0 amide bonds. The maximum atomic E-state index is 13.4. The van der Waals surface area contributed by atoms with Crippen LogP contribution < -0.4 is 0 Å².